The van der Waals surface area contributed by atoms with Gasteiger partial charge in [0.2, 0.25) is 0 Å². The fourth-order valence-electron chi connectivity index (χ4n) is 3.94. The van der Waals surface area contributed by atoms with Crippen LogP contribution in [-0.4, -0.2) is 24.1 Å². The van der Waals surface area contributed by atoms with E-state index in [4.69, 9.17) is 4.74 Å². The Labute approximate surface area is 177 Å². The molecule has 0 fully saturated rings. The van der Waals surface area contributed by atoms with E-state index in [9.17, 15) is 4.79 Å². The molecule has 4 heteroatoms. The number of aromatic amines is 1. The maximum absolute atomic E-state index is 13.1. The van der Waals surface area contributed by atoms with Crippen molar-refractivity contribution < 1.29 is 9.53 Å². The number of unbranched alkanes of at least 4 members (excludes halogenated alkanes) is 1. The molecule has 0 saturated carbocycles. The van der Waals surface area contributed by atoms with Gasteiger partial charge < -0.3 is 15.0 Å². The van der Waals surface area contributed by atoms with Crippen LogP contribution in [0.1, 0.15) is 42.6 Å². The third-order valence-electron chi connectivity index (χ3n) is 5.47. The number of rotatable bonds is 7. The number of hydrogen-bond donors (Lipinski definition) is 2. The molecule has 4 aromatic rings. The Balaban J connectivity index is 2.05. The fourth-order valence-corrected chi connectivity index (χ4v) is 3.94. The third kappa shape index (κ3) is 3.65. The van der Waals surface area contributed by atoms with E-state index in [-0.39, 0.29) is 5.97 Å². The largest absolute Gasteiger partial charge is 0.462 e. The van der Waals surface area contributed by atoms with Gasteiger partial charge in [0.25, 0.3) is 0 Å². The maximum atomic E-state index is 13.1. The van der Waals surface area contributed by atoms with Gasteiger partial charge in [-0.1, -0.05) is 61.4 Å². The zero-order chi connectivity index (χ0) is 21.1. The molecule has 0 amide bonds. The molecule has 0 radical (unpaired) electrons. The van der Waals surface area contributed by atoms with Gasteiger partial charge in [0, 0.05) is 28.4 Å². The lowest BCUT2D eigenvalue weighted by Crippen LogP contribution is -2.11. The molecule has 2 N–H and O–H groups in total. The second-order valence-corrected chi connectivity index (χ2v) is 7.63. The van der Waals surface area contributed by atoms with Crippen molar-refractivity contribution in [3.8, 4) is 11.1 Å². The number of carbonyl (C=O) groups is 1. The van der Waals surface area contributed by atoms with Crippen molar-refractivity contribution in [2.45, 2.75) is 33.6 Å². The summed E-state index contributed by atoms with van der Waals surface area (Å²) in [5.41, 5.74) is 6.82. The zero-order valence-electron chi connectivity index (χ0n) is 17.8. The molecule has 1 heterocycles. The first-order valence-electron chi connectivity index (χ1n) is 10.7. The number of benzene rings is 3. The number of carbonyl (C=O) groups excluding carboxylic acids is 1. The molecule has 0 spiro atoms. The molecular weight excluding hydrogens is 372 g/mol. The van der Waals surface area contributed by atoms with E-state index in [1.165, 1.54) is 5.56 Å². The molecule has 154 valence electrons. The molecule has 0 unspecified atom stereocenters. The third-order valence-corrected chi connectivity index (χ3v) is 5.47. The Morgan fingerprint density at radius 2 is 1.83 bits per heavy atom. The van der Waals surface area contributed by atoms with Crippen molar-refractivity contribution in [3.05, 3.63) is 65.7 Å². The highest BCUT2D eigenvalue weighted by Crippen LogP contribution is 2.40. The average Bonchev–Trinajstić information content (AvgIpc) is 3.13. The van der Waals surface area contributed by atoms with E-state index < -0.39 is 0 Å². The van der Waals surface area contributed by atoms with Crippen molar-refractivity contribution in [3.63, 3.8) is 0 Å². The van der Waals surface area contributed by atoms with E-state index in [0.717, 1.165) is 58.0 Å². The van der Waals surface area contributed by atoms with Crippen LogP contribution in [0.2, 0.25) is 0 Å². The highest BCUT2D eigenvalue weighted by atomic mass is 16.5. The number of aromatic nitrogens is 1. The minimum Gasteiger partial charge on any atom is -0.462 e. The van der Waals surface area contributed by atoms with Gasteiger partial charge in [-0.05, 0) is 38.0 Å². The number of H-pyrrole nitrogens is 1. The smallest absolute Gasteiger partial charge is 0.340 e. The van der Waals surface area contributed by atoms with Crippen molar-refractivity contribution in [1.29, 1.82) is 0 Å². The van der Waals surface area contributed by atoms with Crippen molar-refractivity contribution in [2.75, 3.05) is 18.5 Å². The number of para-hydroxylation sites is 1. The molecule has 0 bridgehead atoms. The lowest BCUT2D eigenvalue weighted by atomic mass is 9.95. The predicted octanol–water partition coefficient (Wildman–Crippen LogP) is 6.69. The van der Waals surface area contributed by atoms with Crippen LogP contribution in [0, 0.1) is 6.92 Å². The lowest BCUT2D eigenvalue weighted by molar-refractivity contribution is 0.0530. The van der Waals surface area contributed by atoms with E-state index >= 15 is 0 Å². The van der Waals surface area contributed by atoms with Gasteiger partial charge in [0.05, 0.1) is 23.4 Å². The van der Waals surface area contributed by atoms with Crippen LogP contribution in [0.15, 0.2) is 54.6 Å². The predicted molar refractivity (Wildman–Crippen MR) is 125 cm³/mol. The summed E-state index contributed by atoms with van der Waals surface area (Å²) in [6.45, 7) is 7.24. The van der Waals surface area contributed by atoms with E-state index in [0.29, 0.717) is 12.2 Å². The molecular formula is C26H28N2O2. The van der Waals surface area contributed by atoms with Crippen molar-refractivity contribution >= 4 is 33.5 Å². The van der Waals surface area contributed by atoms with Crippen molar-refractivity contribution in [1.82, 2.24) is 4.98 Å². The Kier molecular flexibility index (Phi) is 5.75. The summed E-state index contributed by atoms with van der Waals surface area (Å²) >= 11 is 0. The topological polar surface area (TPSA) is 54.1 Å². The van der Waals surface area contributed by atoms with E-state index in [1.54, 1.807) is 0 Å². The molecule has 0 aliphatic heterocycles. The van der Waals surface area contributed by atoms with E-state index in [2.05, 4.69) is 60.5 Å². The monoisotopic (exact) mass is 400 g/mol. The summed E-state index contributed by atoms with van der Waals surface area (Å²) in [6.07, 6.45) is 2.12. The van der Waals surface area contributed by atoms with Crippen LogP contribution in [-0.2, 0) is 4.74 Å². The quantitative estimate of drug-likeness (QED) is 0.268. The number of anilines is 1. The van der Waals surface area contributed by atoms with Crippen LogP contribution in [0.3, 0.4) is 0 Å². The highest BCUT2D eigenvalue weighted by Gasteiger charge is 2.23. The van der Waals surface area contributed by atoms with Gasteiger partial charge in [-0.25, -0.2) is 4.79 Å². The van der Waals surface area contributed by atoms with Crippen LogP contribution in [0.25, 0.3) is 32.9 Å². The SMILES string of the molecule is CCCCNc1cc(-c2ccc(C)cc2)c2[nH]c3ccccc3c2c1C(=O)OCC. The zero-order valence-corrected chi connectivity index (χ0v) is 17.8. The molecule has 4 nitrogen and oxygen atoms in total. The number of esters is 1. The number of hydrogen-bond acceptors (Lipinski definition) is 3. The van der Waals surface area contributed by atoms with Crippen LogP contribution < -0.4 is 5.32 Å². The number of fused-ring (bicyclic) bond motifs is 3. The number of nitrogens with one attached hydrogen (secondary N) is 2. The molecule has 0 aliphatic rings. The number of ether oxygens (including phenoxy) is 1. The molecule has 4 rings (SSSR count). The average molecular weight is 401 g/mol. The standard InChI is InChI=1S/C26H28N2O2/c1-4-6-15-27-22-16-20(18-13-11-17(3)12-14-18)25-23(24(22)26(29)30-5-2)19-9-7-8-10-21(19)28-25/h7-14,16,27-28H,4-6,15H2,1-3H3. The lowest BCUT2D eigenvalue weighted by Gasteiger charge is -2.16. The summed E-state index contributed by atoms with van der Waals surface area (Å²) in [6, 6.07) is 18.7. The summed E-state index contributed by atoms with van der Waals surface area (Å²) in [5, 5.41) is 5.46. The Hall–Kier alpha value is -3.27. The Morgan fingerprint density at radius 3 is 2.57 bits per heavy atom. The molecule has 1 aromatic heterocycles. The van der Waals surface area contributed by atoms with Gasteiger partial charge in [0.15, 0.2) is 0 Å². The van der Waals surface area contributed by atoms with Crippen molar-refractivity contribution in [2.24, 2.45) is 0 Å². The minimum absolute atomic E-state index is 0.290. The van der Waals surface area contributed by atoms with E-state index in [1.807, 2.05) is 25.1 Å². The summed E-state index contributed by atoms with van der Waals surface area (Å²) in [4.78, 5) is 16.6. The summed E-state index contributed by atoms with van der Waals surface area (Å²) in [5.74, 6) is -0.290. The Bertz CT molecular complexity index is 1190. The van der Waals surface area contributed by atoms with Crippen LogP contribution in [0.4, 0.5) is 5.69 Å². The second kappa shape index (κ2) is 8.62. The molecule has 30 heavy (non-hydrogen) atoms. The first-order valence-corrected chi connectivity index (χ1v) is 10.7. The van der Waals surface area contributed by atoms with Gasteiger partial charge in [-0.2, -0.15) is 0 Å². The minimum atomic E-state index is -0.290. The first-order chi connectivity index (χ1) is 14.6. The second-order valence-electron chi connectivity index (χ2n) is 7.63. The van der Waals surface area contributed by atoms with Crippen LogP contribution in [0.5, 0.6) is 0 Å². The molecule has 3 aromatic carbocycles. The van der Waals surface area contributed by atoms with Gasteiger partial charge in [0.1, 0.15) is 0 Å². The fraction of sp³-hybridized carbons (Fsp3) is 0.269. The first kappa shape index (κ1) is 20.0. The summed E-state index contributed by atoms with van der Waals surface area (Å²) < 4.78 is 5.47. The summed E-state index contributed by atoms with van der Waals surface area (Å²) in [7, 11) is 0. The molecule has 0 saturated heterocycles. The van der Waals surface area contributed by atoms with Gasteiger partial charge >= 0.3 is 5.97 Å². The highest BCUT2D eigenvalue weighted by molar-refractivity contribution is 6.22. The van der Waals surface area contributed by atoms with Crippen LogP contribution >= 0.6 is 0 Å². The molecule has 0 aliphatic carbocycles. The Morgan fingerprint density at radius 1 is 1.07 bits per heavy atom. The number of aryl methyl sites for hydroxylation is 1. The van der Waals surface area contributed by atoms with Gasteiger partial charge in [-0.15, -0.1) is 0 Å². The normalized spacial score (nSPS) is 11.2. The molecule has 0 atom stereocenters. The maximum Gasteiger partial charge on any atom is 0.340 e. The van der Waals surface area contributed by atoms with Gasteiger partial charge in [-0.3, -0.25) is 0 Å².